The minimum atomic E-state index is -0.332. The Hall–Kier alpha value is -2.18. The first-order chi connectivity index (χ1) is 15.6. The number of hydrogen-bond acceptors (Lipinski definition) is 4. The van der Waals surface area contributed by atoms with E-state index in [-0.39, 0.29) is 5.82 Å². The van der Waals surface area contributed by atoms with Crippen molar-refractivity contribution in [3.8, 4) is 5.69 Å². The molecule has 0 bridgehead atoms. The molecule has 1 unspecified atom stereocenters. The Balaban J connectivity index is 1.48. The van der Waals surface area contributed by atoms with Crippen molar-refractivity contribution in [2.75, 3.05) is 13.6 Å². The lowest BCUT2D eigenvalue weighted by Gasteiger charge is -2.15. The Morgan fingerprint density at radius 3 is 2.62 bits per heavy atom. The predicted molar refractivity (Wildman–Crippen MR) is 130 cm³/mol. The number of benzene rings is 2. The molecule has 1 saturated carbocycles. The molecule has 1 aliphatic carbocycles. The van der Waals surface area contributed by atoms with Crippen LogP contribution in [0.3, 0.4) is 0 Å². The lowest BCUT2D eigenvalue weighted by Crippen LogP contribution is -2.11. The summed E-state index contributed by atoms with van der Waals surface area (Å²) >= 11 is 4.25. The van der Waals surface area contributed by atoms with E-state index in [2.05, 4.69) is 30.1 Å². The van der Waals surface area contributed by atoms with Crippen LogP contribution in [0, 0.1) is 17.7 Å². The number of rotatable bonds is 12. The molecule has 0 saturated heterocycles. The average Bonchev–Trinajstić information content (AvgIpc) is 3.56. The molecule has 1 atom stereocenters. The number of aryl methyl sites for hydroxylation is 1. The summed E-state index contributed by atoms with van der Waals surface area (Å²) in [6, 6.07) is 15.1. The van der Waals surface area contributed by atoms with Gasteiger partial charge in [0, 0.05) is 17.7 Å². The molecule has 32 heavy (non-hydrogen) atoms. The van der Waals surface area contributed by atoms with E-state index in [0.29, 0.717) is 17.0 Å². The molecule has 4 nitrogen and oxygen atoms in total. The smallest absolute Gasteiger partial charge is 0.151 e. The summed E-state index contributed by atoms with van der Waals surface area (Å²) in [6.45, 7) is 1.09. The van der Waals surface area contributed by atoms with Crippen LogP contribution in [0.2, 0.25) is 0 Å². The molecule has 6 heteroatoms. The summed E-state index contributed by atoms with van der Waals surface area (Å²) < 4.78 is 16.4. The minimum absolute atomic E-state index is 0.332. The molecule has 170 valence electrons. The van der Waals surface area contributed by atoms with E-state index >= 15 is 0 Å². The van der Waals surface area contributed by atoms with Crippen molar-refractivity contribution in [3.63, 3.8) is 0 Å². The Labute approximate surface area is 196 Å². The Morgan fingerprint density at radius 1 is 1.12 bits per heavy atom. The van der Waals surface area contributed by atoms with Crippen LogP contribution in [-0.4, -0.2) is 28.4 Å². The molecular formula is C26H33FN4S. The zero-order chi connectivity index (χ0) is 22.3. The summed E-state index contributed by atoms with van der Waals surface area (Å²) in [7, 11) is 2.02. The molecule has 0 spiro atoms. The molecular weight excluding hydrogens is 419 g/mol. The van der Waals surface area contributed by atoms with Crippen molar-refractivity contribution in [1.29, 1.82) is 0 Å². The van der Waals surface area contributed by atoms with Crippen LogP contribution in [0.5, 0.6) is 0 Å². The van der Waals surface area contributed by atoms with E-state index < -0.39 is 0 Å². The Bertz CT molecular complexity index is 1000. The van der Waals surface area contributed by atoms with Gasteiger partial charge < -0.3 is 5.32 Å². The van der Waals surface area contributed by atoms with Crippen LogP contribution in [0.4, 0.5) is 4.39 Å². The zero-order valence-corrected chi connectivity index (χ0v) is 19.7. The van der Waals surface area contributed by atoms with Gasteiger partial charge in [0.2, 0.25) is 0 Å². The van der Waals surface area contributed by atoms with E-state index in [9.17, 15) is 4.39 Å². The van der Waals surface area contributed by atoms with E-state index in [0.717, 1.165) is 48.4 Å². The van der Waals surface area contributed by atoms with Gasteiger partial charge in [-0.2, -0.15) is 5.10 Å². The van der Waals surface area contributed by atoms with Crippen LogP contribution >= 0.6 is 12.6 Å². The fraction of sp³-hybridized carbons (Fsp3) is 0.462. The second-order valence-corrected chi connectivity index (χ2v) is 9.41. The van der Waals surface area contributed by atoms with Gasteiger partial charge in [0.05, 0.1) is 0 Å². The molecule has 1 heterocycles. The van der Waals surface area contributed by atoms with E-state index in [4.69, 9.17) is 10.1 Å². The highest BCUT2D eigenvalue weighted by atomic mass is 32.1. The first kappa shape index (κ1) is 23.0. The molecule has 4 rings (SSSR count). The average molecular weight is 453 g/mol. The van der Waals surface area contributed by atoms with Gasteiger partial charge >= 0.3 is 0 Å². The third-order valence-electron chi connectivity index (χ3n) is 6.35. The normalized spacial score (nSPS) is 14.6. The maximum absolute atomic E-state index is 14.7. The number of halogens is 1. The van der Waals surface area contributed by atoms with E-state index in [1.165, 1.54) is 38.2 Å². The molecule has 3 aromatic rings. The highest BCUT2D eigenvalue weighted by Crippen LogP contribution is 2.41. The topological polar surface area (TPSA) is 42.7 Å². The van der Waals surface area contributed by atoms with Crippen molar-refractivity contribution in [2.45, 2.75) is 56.3 Å². The molecule has 2 aromatic carbocycles. The molecule has 1 aromatic heterocycles. The Kier molecular flexibility index (Phi) is 7.98. The SMILES string of the molecule is CNCCCC(CCCc1nc(Cc2ccccc2)n(-c2ccc(S)cc2F)n1)C1CC1. The van der Waals surface area contributed by atoms with E-state index in [1.807, 2.05) is 25.2 Å². The van der Waals surface area contributed by atoms with Crippen LogP contribution in [0.15, 0.2) is 53.4 Å². The van der Waals surface area contributed by atoms with E-state index in [1.54, 1.807) is 16.8 Å². The maximum atomic E-state index is 14.7. The molecule has 1 fully saturated rings. The maximum Gasteiger partial charge on any atom is 0.151 e. The summed E-state index contributed by atoms with van der Waals surface area (Å²) in [5.41, 5.74) is 1.56. The second-order valence-electron chi connectivity index (χ2n) is 8.89. The van der Waals surface area contributed by atoms with Gasteiger partial charge in [0.1, 0.15) is 17.3 Å². The molecule has 0 radical (unpaired) electrons. The van der Waals surface area contributed by atoms with Crippen LogP contribution in [-0.2, 0) is 12.8 Å². The summed E-state index contributed by atoms with van der Waals surface area (Å²) in [5.74, 6) is 2.97. The summed E-state index contributed by atoms with van der Waals surface area (Å²) in [4.78, 5) is 5.43. The van der Waals surface area contributed by atoms with Crippen LogP contribution in [0.1, 0.15) is 55.7 Å². The largest absolute Gasteiger partial charge is 0.320 e. The predicted octanol–water partition coefficient (Wildman–Crippen LogP) is 5.63. The van der Waals surface area contributed by atoms with Gasteiger partial charge in [-0.3, -0.25) is 0 Å². The lowest BCUT2D eigenvalue weighted by atomic mass is 9.92. The van der Waals surface area contributed by atoms with Crippen molar-refractivity contribution in [3.05, 3.63) is 71.6 Å². The first-order valence-electron chi connectivity index (χ1n) is 11.8. The number of nitrogens with one attached hydrogen (secondary N) is 1. The van der Waals surface area contributed by atoms with Gasteiger partial charge in [-0.15, -0.1) is 12.6 Å². The third-order valence-corrected chi connectivity index (χ3v) is 6.63. The lowest BCUT2D eigenvalue weighted by molar-refractivity contribution is 0.375. The monoisotopic (exact) mass is 452 g/mol. The number of hydrogen-bond donors (Lipinski definition) is 2. The van der Waals surface area contributed by atoms with Crippen molar-refractivity contribution in [1.82, 2.24) is 20.1 Å². The highest BCUT2D eigenvalue weighted by Gasteiger charge is 2.30. The second kappa shape index (κ2) is 11.1. The zero-order valence-electron chi connectivity index (χ0n) is 18.8. The standard InChI is InChI=1S/C26H33FN4S/c1-28-16-6-10-20(21-12-13-21)9-5-11-25-29-26(17-19-7-3-2-4-8-19)31(30-25)24-15-14-22(32)18-23(24)27/h2-4,7-8,14-15,18,20-21,28,32H,5-6,9-13,16-17H2,1H3. The highest BCUT2D eigenvalue weighted by molar-refractivity contribution is 7.80. The molecule has 0 amide bonds. The van der Waals surface area contributed by atoms with Gasteiger partial charge in [0.25, 0.3) is 0 Å². The van der Waals surface area contributed by atoms with Gasteiger partial charge in [-0.25, -0.2) is 14.1 Å². The van der Waals surface area contributed by atoms with Gasteiger partial charge in [-0.1, -0.05) is 30.3 Å². The number of thiol groups is 1. The van der Waals surface area contributed by atoms with Gasteiger partial charge in [-0.05, 0) is 87.7 Å². The quantitative estimate of drug-likeness (QED) is 0.276. The minimum Gasteiger partial charge on any atom is -0.320 e. The van der Waals surface area contributed by atoms with Crippen molar-refractivity contribution >= 4 is 12.6 Å². The Morgan fingerprint density at radius 2 is 1.91 bits per heavy atom. The molecule has 1 aliphatic rings. The molecule has 0 aliphatic heterocycles. The first-order valence-corrected chi connectivity index (χ1v) is 12.2. The summed E-state index contributed by atoms with van der Waals surface area (Å²) in [6.07, 6.45) is 9.06. The van der Waals surface area contributed by atoms with Crippen LogP contribution in [0.25, 0.3) is 5.69 Å². The van der Waals surface area contributed by atoms with Crippen molar-refractivity contribution in [2.24, 2.45) is 11.8 Å². The summed E-state index contributed by atoms with van der Waals surface area (Å²) in [5, 5.41) is 7.99. The van der Waals surface area contributed by atoms with Crippen molar-refractivity contribution < 1.29 is 4.39 Å². The fourth-order valence-electron chi connectivity index (χ4n) is 4.50. The van der Waals surface area contributed by atoms with Crippen LogP contribution < -0.4 is 5.32 Å². The fourth-order valence-corrected chi connectivity index (χ4v) is 4.69. The van der Waals surface area contributed by atoms with Gasteiger partial charge in [0.15, 0.2) is 5.82 Å². The number of nitrogens with zero attached hydrogens (tertiary/aromatic N) is 3. The molecule has 1 N–H and O–H groups in total. The number of aromatic nitrogens is 3. The third kappa shape index (κ3) is 6.20.